The number of anilines is 1. The van der Waals surface area contributed by atoms with Crippen molar-refractivity contribution in [3.8, 4) is 11.4 Å². The predicted octanol–water partition coefficient (Wildman–Crippen LogP) is 7.02. The van der Waals surface area contributed by atoms with Crippen LogP contribution in [0.2, 0.25) is 0 Å². The Morgan fingerprint density at radius 2 is 1.68 bits per heavy atom. The number of rotatable bonds is 7. The van der Waals surface area contributed by atoms with Crippen LogP contribution >= 0.6 is 12.2 Å². The summed E-state index contributed by atoms with van der Waals surface area (Å²) >= 11 is 5.93. The highest BCUT2D eigenvalue weighted by molar-refractivity contribution is 7.80. The van der Waals surface area contributed by atoms with Gasteiger partial charge in [0.2, 0.25) is 0 Å². The second kappa shape index (κ2) is 10.4. The highest BCUT2D eigenvalue weighted by Gasteiger charge is 2.42. The van der Waals surface area contributed by atoms with E-state index in [9.17, 15) is 0 Å². The van der Waals surface area contributed by atoms with Gasteiger partial charge in [-0.25, -0.2) is 0 Å². The number of aryl methyl sites for hydroxylation is 2. The molecule has 2 aromatic carbocycles. The molecule has 2 atom stereocenters. The van der Waals surface area contributed by atoms with E-state index in [4.69, 9.17) is 21.9 Å². The standard InChI is InChI=1S/C31H34N4OS/c1-6-23-10-12-24(13-11-23)34-21(4)19-27(22(34)5)30-29(28-9-7-8-18-32-28)33-31(37)35(30)25-14-16-26(17-15-25)36-20(2)3/h7-20,29-30H,6H2,1-5H3,(H,33,37)/t29-,30-/m1/s1. The predicted molar refractivity (Wildman–Crippen MR) is 155 cm³/mol. The second-order valence-corrected chi connectivity index (χ2v) is 10.2. The zero-order chi connectivity index (χ0) is 26.1. The maximum Gasteiger partial charge on any atom is 0.174 e. The van der Waals surface area contributed by atoms with Crippen molar-refractivity contribution in [2.75, 3.05) is 4.90 Å². The van der Waals surface area contributed by atoms with Gasteiger partial charge in [-0.1, -0.05) is 25.1 Å². The quantitative estimate of drug-likeness (QED) is 0.271. The van der Waals surface area contributed by atoms with Gasteiger partial charge in [-0.05, 0) is 112 Å². The SMILES string of the molecule is CCc1ccc(-n2c(C)cc([C@@H]3[C@@H](c4ccccn4)NC(=S)N3c3ccc(OC(C)C)cc3)c2C)cc1. The lowest BCUT2D eigenvalue weighted by Gasteiger charge is -2.28. The Morgan fingerprint density at radius 3 is 2.30 bits per heavy atom. The summed E-state index contributed by atoms with van der Waals surface area (Å²) in [5.74, 6) is 0.850. The molecule has 6 heteroatoms. The first-order valence-corrected chi connectivity index (χ1v) is 13.3. The van der Waals surface area contributed by atoms with Crippen molar-refractivity contribution in [3.05, 3.63) is 107 Å². The van der Waals surface area contributed by atoms with Gasteiger partial charge < -0.3 is 19.5 Å². The molecule has 0 spiro atoms. The van der Waals surface area contributed by atoms with Crippen molar-refractivity contribution in [1.82, 2.24) is 14.9 Å². The van der Waals surface area contributed by atoms with Gasteiger partial charge in [-0.3, -0.25) is 4.98 Å². The molecule has 0 amide bonds. The molecule has 3 heterocycles. The normalized spacial score (nSPS) is 17.4. The zero-order valence-corrected chi connectivity index (χ0v) is 22.9. The molecule has 0 aliphatic carbocycles. The number of nitrogens with zero attached hydrogens (tertiary/aromatic N) is 3. The Bertz CT molecular complexity index is 1380. The van der Waals surface area contributed by atoms with Crippen molar-refractivity contribution in [1.29, 1.82) is 0 Å². The van der Waals surface area contributed by atoms with E-state index < -0.39 is 0 Å². The lowest BCUT2D eigenvalue weighted by molar-refractivity contribution is 0.242. The van der Waals surface area contributed by atoms with Crippen LogP contribution in [-0.2, 0) is 6.42 Å². The molecular formula is C31H34N4OS. The van der Waals surface area contributed by atoms with Crippen LogP contribution in [0.1, 0.15) is 61.1 Å². The molecule has 1 fully saturated rings. The Morgan fingerprint density at radius 1 is 0.973 bits per heavy atom. The molecular weight excluding hydrogens is 476 g/mol. The number of ether oxygens (including phenoxy) is 1. The van der Waals surface area contributed by atoms with E-state index in [1.807, 2.05) is 44.3 Å². The Kier molecular flexibility index (Phi) is 7.02. The van der Waals surface area contributed by atoms with Crippen molar-refractivity contribution in [2.24, 2.45) is 0 Å². The number of hydrogen-bond acceptors (Lipinski definition) is 3. The largest absolute Gasteiger partial charge is 0.491 e. The van der Waals surface area contributed by atoms with E-state index in [0.717, 1.165) is 23.6 Å². The molecule has 1 aliphatic rings. The fraction of sp³-hybridized carbons (Fsp3) is 0.290. The van der Waals surface area contributed by atoms with Crippen LogP contribution < -0.4 is 15.0 Å². The lowest BCUT2D eigenvalue weighted by atomic mass is 9.96. The van der Waals surface area contributed by atoms with Crippen LogP contribution in [0.3, 0.4) is 0 Å². The van der Waals surface area contributed by atoms with Gasteiger partial charge in [0.05, 0.1) is 23.9 Å². The minimum atomic E-state index is -0.0864. The molecule has 0 unspecified atom stereocenters. The van der Waals surface area contributed by atoms with Crippen molar-refractivity contribution >= 4 is 23.0 Å². The molecule has 1 aliphatic heterocycles. The second-order valence-electron chi connectivity index (χ2n) is 9.84. The third kappa shape index (κ3) is 4.86. The molecule has 0 saturated carbocycles. The van der Waals surface area contributed by atoms with E-state index in [2.05, 4.69) is 84.1 Å². The van der Waals surface area contributed by atoms with E-state index >= 15 is 0 Å². The summed E-state index contributed by atoms with van der Waals surface area (Å²) in [4.78, 5) is 6.93. The van der Waals surface area contributed by atoms with E-state index in [1.54, 1.807) is 0 Å². The fourth-order valence-corrected chi connectivity index (χ4v) is 5.62. The Hall–Kier alpha value is -3.64. The zero-order valence-electron chi connectivity index (χ0n) is 22.1. The molecule has 0 bridgehead atoms. The van der Waals surface area contributed by atoms with Gasteiger partial charge in [0.1, 0.15) is 5.75 Å². The van der Waals surface area contributed by atoms with Crippen LogP contribution in [0, 0.1) is 13.8 Å². The maximum atomic E-state index is 5.93. The summed E-state index contributed by atoms with van der Waals surface area (Å²) in [6.07, 6.45) is 3.00. The van der Waals surface area contributed by atoms with Crippen molar-refractivity contribution in [2.45, 2.75) is 59.2 Å². The summed E-state index contributed by atoms with van der Waals surface area (Å²) in [6, 6.07) is 25.2. The van der Waals surface area contributed by atoms with E-state index in [0.29, 0.717) is 5.11 Å². The maximum absolute atomic E-state index is 5.93. The summed E-state index contributed by atoms with van der Waals surface area (Å²) in [6.45, 7) is 10.6. The summed E-state index contributed by atoms with van der Waals surface area (Å²) in [5, 5.41) is 4.27. The summed E-state index contributed by atoms with van der Waals surface area (Å²) in [5.41, 5.74) is 8.11. The average molecular weight is 511 g/mol. The monoisotopic (exact) mass is 510 g/mol. The van der Waals surface area contributed by atoms with Gasteiger partial charge in [-0.2, -0.15) is 0 Å². The van der Waals surface area contributed by atoms with Gasteiger partial charge in [0.15, 0.2) is 5.11 Å². The van der Waals surface area contributed by atoms with Gasteiger partial charge in [0.25, 0.3) is 0 Å². The van der Waals surface area contributed by atoms with Crippen LogP contribution in [-0.4, -0.2) is 20.8 Å². The van der Waals surface area contributed by atoms with E-state index in [-0.39, 0.29) is 18.2 Å². The number of thiocarbonyl (C=S) groups is 1. The first-order chi connectivity index (χ1) is 17.9. The molecule has 4 aromatic rings. The topological polar surface area (TPSA) is 42.3 Å². The van der Waals surface area contributed by atoms with Gasteiger partial charge in [-0.15, -0.1) is 0 Å². The average Bonchev–Trinajstić information content (AvgIpc) is 3.39. The third-order valence-electron chi connectivity index (χ3n) is 6.98. The molecule has 2 aromatic heterocycles. The third-order valence-corrected chi connectivity index (χ3v) is 7.29. The number of aromatic nitrogens is 2. The minimum absolute atomic E-state index is 0.0610. The number of benzene rings is 2. The first kappa shape index (κ1) is 25.0. The summed E-state index contributed by atoms with van der Waals surface area (Å²) < 4.78 is 8.22. The van der Waals surface area contributed by atoms with Gasteiger partial charge in [0, 0.05) is 29.0 Å². The summed E-state index contributed by atoms with van der Waals surface area (Å²) in [7, 11) is 0. The van der Waals surface area contributed by atoms with Crippen molar-refractivity contribution in [3.63, 3.8) is 0 Å². The smallest absolute Gasteiger partial charge is 0.174 e. The molecule has 1 N–H and O–H groups in total. The van der Waals surface area contributed by atoms with Crippen LogP contribution in [0.5, 0.6) is 5.75 Å². The lowest BCUT2D eigenvalue weighted by Crippen LogP contribution is -2.29. The molecule has 5 rings (SSSR count). The molecule has 190 valence electrons. The molecule has 37 heavy (non-hydrogen) atoms. The number of pyridine rings is 1. The molecule has 1 saturated heterocycles. The fourth-order valence-electron chi connectivity index (χ4n) is 5.27. The van der Waals surface area contributed by atoms with Crippen LogP contribution in [0.4, 0.5) is 5.69 Å². The first-order valence-electron chi connectivity index (χ1n) is 12.9. The molecule has 5 nitrogen and oxygen atoms in total. The van der Waals surface area contributed by atoms with Gasteiger partial charge >= 0.3 is 0 Å². The van der Waals surface area contributed by atoms with Crippen LogP contribution in [0.15, 0.2) is 79.0 Å². The Labute approximate surface area is 225 Å². The highest BCUT2D eigenvalue weighted by atomic mass is 32.1. The molecule has 0 radical (unpaired) electrons. The van der Waals surface area contributed by atoms with Crippen LogP contribution in [0.25, 0.3) is 5.69 Å². The number of hydrogen-bond donors (Lipinski definition) is 1. The van der Waals surface area contributed by atoms with Crippen molar-refractivity contribution < 1.29 is 4.74 Å². The Balaban J connectivity index is 1.61. The highest BCUT2D eigenvalue weighted by Crippen LogP contribution is 2.44. The number of nitrogens with one attached hydrogen (secondary N) is 1. The van der Waals surface area contributed by atoms with E-state index in [1.165, 1.54) is 28.2 Å². The minimum Gasteiger partial charge on any atom is -0.491 e.